The maximum absolute atomic E-state index is 13.7. The van der Waals surface area contributed by atoms with Gasteiger partial charge in [-0.2, -0.15) is 5.10 Å². The van der Waals surface area contributed by atoms with Crippen molar-refractivity contribution in [3.05, 3.63) is 69.9 Å². The standard InChI is InChI=1S/C19H15FN4O5/c1-29-19(28)13-8-10(6-7-14(13)20)22-15(25)9-24-18(27)12-5-3-2-4-11(12)16(23-24)17(21)26/h2-8H,9H2,1H3,(H2,21,26)(H,22,25). The number of nitrogens with one attached hydrogen (secondary N) is 1. The fraction of sp³-hybridized carbons (Fsp3) is 0.105. The van der Waals surface area contributed by atoms with Gasteiger partial charge in [0.05, 0.1) is 18.1 Å². The fourth-order valence-corrected chi connectivity index (χ4v) is 2.73. The SMILES string of the molecule is COC(=O)c1cc(NC(=O)Cn2nc(C(N)=O)c3ccccc3c2=O)ccc1F. The Kier molecular flexibility index (Phi) is 5.35. The molecule has 1 heterocycles. The molecule has 0 saturated heterocycles. The van der Waals surface area contributed by atoms with E-state index < -0.39 is 35.7 Å². The third-order valence-corrected chi connectivity index (χ3v) is 4.05. The molecule has 0 spiro atoms. The van der Waals surface area contributed by atoms with E-state index in [4.69, 9.17) is 5.73 Å². The molecule has 0 saturated carbocycles. The van der Waals surface area contributed by atoms with Gasteiger partial charge in [0.25, 0.3) is 11.5 Å². The number of nitrogens with zero attached hydrogens (tertiary/aromatic N) is 2. The van der Waals surface area contributed by atoms with Crippen LogP contribution in [0.5, 0.6) is 0 Å². The number of hydrogen-bond acceptors (Lipinski definition) is 6. The molecule has 0 aliphatic carbocycles. The zero-order valence-corrected chi connectivity index (χ0v) is 15.1. The molecular weight excluding hydrogens is 383 g/mol. The topological polar surface area (TPSA) is 133 Å². The number of halogens is 1. The molecule has 0 atom stereocenters. The van der Waals surface area contributed by atoms with Gasteiger partial charge >= 0.3 is 5.97 Å². The highest BCUT2D eigenvalue weighted by Gasteiger charge is 2.17. The van der Waals surface area contributed by atoms with Gasteiger partial charge < -0.3 is 15.8 Å². The molecule has 29 heavy (non-hydrogen) atoms. The molecular formula is C19H15FN4O5. The van der Waals surface area contributed by atoms with Crippen LogP contribution in [-0.4, -0.2) is 34.7 Å². The second-order valence-electron chi connectivity index (χ2n) is 5.96. The number of aromatic nitrogens is 2. The minimum atomic E-state index is -0.905. The molecule has 0 aliphatic heterocycles. The summed E-state index contributed by atoms with van der Waals surface area (Å²) in [5, 5.41) is 6.78. The molecule has 3 aromatic rings. The monoisotopic (exact) mass is 398 g/mol. The quantitative estimate of drug-likeness (QED) is 0.618. The molecule has 0 radical (unpaired) electrons. The maximum atomic E-state index is 13.7. The lowest BCUT2D eigenvalue weighted by Crippen LogP contribution is -2.32. The summed E-state index contributed by atoms with van der Waals surface area (Å²) in [4.78, 5) is 48.2. The molecule has 9 nitrogen and oxygen atoms in total. The van der Waals surface area contributed by atoms with Crippen LogP contribution in [0.25, 0.3) is 10.8 Å². The van der Waals surface area contributed by atoms with Crippen molar-refractivity contribution in [3.8, 4) is 0 Å². The number of hydrogen-bond donors (Lipinski definition) is 2. The van der Waals surface area contributed by atoms with E-state index in [2.05, 4.69) is 15.2 Å². The van der Waals surface area contributed by atoms with Crippen molar-refractivity contribution in [1.82, 2.24) is 9.78 Å². The number of carbonyl (C=O) groups is 3. The summed E-state index contributed by atoms with van der Waals surface area (Å²) in [5.41, 5.74) is 4.34. The Bertz CT molecular complexity index is 1200. The Morgan fingerprint density at radius 2 is 1.86 bits per heavy atom. The highest BCUT2D eigenvalue weighted by Crippen LogP contribution is 2.16. The van der Waals surface area contributed by atoms with Crippen molar-refractivity contribution in [3.63, 3.8) is 0 Å². The Morgan fingerprint density at radius 3 is 2.52 bits per heavy atom. The average Bonchev–Trinajstić information content (AvgIpc) is 2.70. The van der Waals surface area contributed by atoms with Crippen molar-refractivity contribution in [2.45, 2.75) is 6.54 Å². The van der Waals surface area contributed by atoms with Crippen molar-refractivity contribution >= 4 is 34.2 Å². The number of nitrogens with two attached hydrogens (primary N) is 1. The van der Waals surface area contributed by atoms with E-state index >= 15 is 0 Å². The van der Waals surface area contributed by atoms with E-state index in [0.29, 0.717) is 0 Å². The number of methoxy groups -OCH3 is 1. The first-order valence-electron chi connectivity index (χ1n) is 8.29. The summed E-state index contributed by atoms with van der Waals surface area (Å²) in [7, 11) is 1.10. The van der Waals surface area contributed by atoms with Gasteiger partial charge in [0, 0.05) is 11.1 Å². The highest BCUT2D eigenvalue weighted by molar-refractivity contribution is 6.04. The van der Waals surface area contributed by atoms with Gasteiger partial charge in [0.1, 0.15) is 12.4 Å². The lowest BCUT2D eigenvalue weighted by molar-refractivity contribution is -0.117. The first-order valence-corrected chi connectivity index (χ1v) is 8.29. The third kappa shape index (κ3) is 3.95. The van der Waals surface area contributed by atoms with Gasteiger partial charge in [0.2, 0.25) is 5.91 Å². The van der Waals surface area contributed by atoms with Crippen molar-refractivity contribution < 1.29 is 23.5 Å². The number of amides is 2. The highest BCUT2D eigenvalue weighted by atomic mass is 19.1. The lowest BCUT2D eigenvalue weighted by Gasteiger charge is -2.10. The number of benzene rings is 2. The van der Waals surface area contributed by atoms with Crippen molar-refractivity contribution in [1.29, 1.82) is 0 Å². The van der Waals surface area contributed by atoms with E-state index in [1.807, 2.05) is 0 Å². The van der Waals surface area contributed by atoms with Gasteiger partial charge in [-0.3, -0.25) is 14.4 Å². The third-order valence-electron chi connectivity index (χ3n) is 4.05. The summed E-state index contributed by atoms with van der Waals surface area (Å²) in [6, 6.07) is 9.58. The van der Waals surface area contributed by atoms with Crippen molar-refractivity contribution in [2.24, 2.45) is 5.73 Å². The molecule has 3 rings (SSSR count). The summed E-state index contributed by atoms with van der Waals surface area (Å²) in [6.45, 7) is -0.533. The van der Waals surface area contributed by atoms with Crippen LogP contribution in [0.3, 0.4) is 0 Å². The minimum absolute atomic E-state index is 0.112. The first kappa shape index (κ1) is 19.7. The van der Waals surface area contributed by atoms with E-state index in [1.54, 1.807) is 12.1 Å². The number of rotatable bonds is 5. The van der Waals surface area contributed by atoms with Crippen LogP contribution < -0.4 is 16.6 Å². The van der Waals surface area contributed by atoms with Crippen LogP contribution >= 0.6 is 0 Å². The van der Waals surface area contributed by atoms with Gasteiger partial charge in [0.15, 0.2) is 5.69 Å². The van der Waals surface area contributed by atoms with Crippen LogP contribution in [0.2, 0.25) is 0 Å². The molecule has 0 unspecified atom stereocenters. The number of carbonyl (C=O) groups excluding carboxylic acids is 3. The molecule has 1 aromatic heterocycles. The number of anilines is 1. The molecule has 2 aromatic carbocycles. The maximum Gasteiger partial charge on any atom is 0.340 e. The molecule has 0 fully saturated rings. The average molecular weight is 398 g/mol. The minimum Gasteiger partial charge on any atom is -0.465 e. The zero-order valence-electron chi connectivity index (χ0n) is 15.1. The summed E-state index contributed by atoms with van der Waals surface area (Å²) >= 11 is 0. The normalized spacial score (nSPS) is 10.6. The van der Waals surface area contributed by atoms with Crippen LogP contribution in [0.1, 0.15) is 20.8 Å². The molecule has 2 amide bonds. The van der Waals surface area contributed by atoms with Crippen molar-refractivity contribution in [2.75, 3.05) is 12.4 Å². The summed E-state index contributed by atoms with van der Waals surface area (Å²) < 4.78 is 19.0. The Hall–Kier alpha value is -4.08. The van der Waals surface area contributed by atoms with Gasteiger partial charge in [-0.25, -0.2) is 13.9 Å². The second kappa shape index (κ2) is 7.89. The van der Waals surface area contributed by atoms with E-state index in [9.17, 15) is 23.6 Å². The van der Waals surface area contributed by atoms with Crippen LogP contribution in [0.15, 0.2) is 47.3 Å². The number of ether oxygens (including phenoxy) is 1. The smallest absolute Gasteiger partial charge is 0.340 e. The number of fused-ring (bicyclic) bond motifs is 1. The first-order chi connectivity index (χ1) is 13.8. The molecule has 0 bridgehead atoms. The van der Waals surface area contributed by atoms with E-state index in [0.717, 1.165) is 23.9 Å². The lowest BCUT2D eigenvalue weighted by atomic mass is 10.1. The van der Waals surface area contributed by atoms with Crippen LogP contribution in [-0.2, 0) is 16.1 Å². The van der Waals surface area contributed by atoms with Gasteiger partial charge in [-0.15, -0.1) is 0 Å². The predicted molar refractivity (Wildman–Crippen MR) is 101 cm³/mol. The summed E-state index contributed by atoms with van der Waals surface area (Å²) in [5.74, 6) is -3.25. The fourth-order valence-electron chi connectivity index (χ4n) is 2.73. The Labute approximate surface area is 162 Å². The van der Waals surface area contributed by atoms with E-state index in [1.165, 1.54) is 18.2 Å². The van der Waals surface area contributed by atoms with Crippen LogP contribution in [0, 0.1) is 5.82 Å². The van der Waals surface area contributed by atoms with Gasteiger partial charge in [-0.1, -0.05) is 18.2 Å². The van der Waals surface area contributed by atoms with Gasteiger partial charge in [-0.05, 0) is 24.3 Å². The van der Waals surface area contributed by atoms with E-state index in [-0.39, 0.29) is 27.7 Å². The molecule has 3 N–H and O–H groups in total. The molecule has 10 heteroatoms. The molecule has 148 valence electrons. The predicted octanol–water partition coefficient (Wildman–Crippen LogP) is 1.06. The Morgan fingerprint density at radius 1 is 1.17 bits per heavy atom. The molecule has 0 aliphatic rings. The zero-order chi connectivity index (χ0) is 21.1. The number of esters is 1. The van der Waals surface area contributed by atoms with Crippen LogP contribution in [0.4, 0.5) is 10.1 Å². The summed E-state index contributed by atoms with van der Waals surface area (Å²) in [6.07, 6.45) is 0. The second-order valence-corrected chi connectivity index (χ2v) is 5.96. The largest absolute Gasteiger partial charge is 0.465 e. The number of primary amides is 1. The Balaban J connectivity index is 1.91.